The van der Waals surface area contributed by atoms with Crippen LogP contribution in [0.1, 0.15) is 32.1 Å². The molecule has 1 aliphatic heterocycles. The third kappa shape index (κ3) is 2.92. The topological polar surface area (TPSA) is 52.6 Å². The molecule has 0 radical (unpaired) electrons. The van der Waals surface area contributed by atoms with Gasteiger partial charge in [-0.3, -0.25) is 4.79 Å². The first kappa shape index (κ1) is 10.9. The number of hydrogen-bond acceptors (Lipinski definition) is 3. The number of likely N-dealkylation sites (N-methyl/N-ethyl adjacent to an activating group) is 1. The van der Waals surface area contributed by atoms with Crippen LogP contribution in [0.25, 0.3) is 0 Å². The number of hydrogen-bond donors (Lipinski definition) is 2. The molecule has 86 valence electrons. The van der Waals surface area contributed by atoms with E-state index in [4.69, 9.17) is 5.11 Å². The van der Waals surface area contributed by atoms with Crippen LogP contribution in [0.15, 0.2) is 0 Å². The zero-order valence-electron chi connectivity index (χ0n) is 9.33. The van der Waals surface area contributed by atoms with Crippen LogP contribution >= 0.6 is 0 Å². The van der Waals surface area contributed by atoms with Crippen LogP contribution in [-0.2, 0) is 4.79 Å². The second kappa shape index (κ2) is 4.10. The molecule has 1 unspecified atom stereocenters. The number of carbonyl (C=O) groups is 1. The number of carboxylic acids is 1. The van der Waals surface area contributed by atoms with Gasteiger partial charge in [0, 0.05) is 18.1 Å². The van der Waals surface area contributed by atoms with Crippen LogP contribution in [0, 0.1) is 0 Å². The lowest BCUT2D eigenvalue weighted by molar-refractivity contribution is -0.139. The van der Waals surface area contributed by atoms with Gasteiger partial charge in [0.1, 0.15) is 0 Å². The Morgan fingerprint density at radius 3 is 2.87 bits per heavy atom. The number of rotatable bonds is 4. The van der Waals surface area contributed by atoms with Crippen LogP contribution in [0.3, 0.4) is 0 Å². The van der Waals surface area contributed by atoms with E-state index in [9.17, 15) is 4.79 Å². The van der Waals surface area contributed by atoms with Gasteiger partial charge < -0.3 is 15.3 Å². The summed E-state index contributed by atoms with van der Waals surface area (Å²) >= 11 is 0. The number of nitrogens with one attached hydrogen (secondary N) is 1. The van der Waals surface area contributed by atoms with Gasteiger partial charge in [0.25, 0.3) is 0 Å². The Kier molecular flexibility index (Phi) is 2.98. The van der Waals surface area contributed by atoms with E-state index in [2.05, 4.69) is 17.3 Å². The van der Waals surface area contributed by atoms with Gasteiger partial charge in [-0.05, 0) is 39.3 Å². The molecule has 4 heteroatoms. The summed E-state index contributed by atoms with van der Waals surface area (Å²) < 4.78 is 0. The molecule has 0 aromatic carbocycles. The van der Waals surface area contributed by atoms with Gasteiger partial charge in [-0.1, -0.05) is 0 Å². The first-order valence-electron chi connectivity index (χ1n) is 5.78. The molecule has 2 aliphatic rings. The first-order valence-corrected chi connectivity index (χ1v) is 5.78. The van der Waals surface area contributed by atoms with Crippen molar-refractivity contribution in [3.05, 3.63) is 0 Å². The van der Waals surface area contributed by atoms with Crippen molar-refractivity contribution in [3.63, 3.8) is 0 Å². The summed E-state index contributed by atoms with van der Waals surface area (Å²) in [5, 5.41) is 12.5. The molecule has 2 rings (SSSR count). The molecular weight excluding hydrogens is 192 g/mol. The fourth-order valence-corrected chi connectivity index (χ4v) is 2.63. The van der Waals surface area contributed by atoms with Crippen molar-refractivity contribution in [1.29, 1.82) is 0 Å². The predicted octanol–water partition coefficient (Wildman–Crippen LogP) is 0.677. The van der Waals surface area contributed by atoms with Crippen LogP contribution in [0.5, 0.6) is 0 Å². The molecule has 1 saturated heterocycles. The van der Waals surface area contributed by atoms with Crippen LogP contribution in [0.2, 0.25) is 0 Å². The van der Waals surface area contributed by atoms with E-state index in [1.165, 1.54) is 12.8 Å². The van der Waals surface area contributed by atoms with Crippen molar-refractivity contribution < 1.29 is 9.90 Å². The SMILES string of the molecule is CN1CCCC(CC(=O)O)(NC2CC2)C1. The van der Waals surface area contributed by atoms with Crippen molar-refractivity contribution >= 4 is 5.97 Å². The molecule has 2 N–H and O–H groups in total. The molecule has 2 fully saturated rings. The van der Waals surface area contributed by atoms with Crippen LogP contribution < -0.4 is 5.32 Å². The molecule has 0 spiro atoms. The van der Waals surface area contributed by atoms with E-state index in [0.717, 1.165) is 25.9 Å². The average molecular weight is 212 g/mol. The summed E-state index contributed by atoms with van der Waals surface area (Å²) in [7, 11) is 2.07. The minimum Gasteiger partial charge on any atom is -0.481 e. The number of piperidine rings is 1. The summed E-state index contributed by atoms with van der Waals surface area (Å²) in [6, 6.07) is 0.579. The zero-order chi connectivity index (χ0) is 10.9. The number of aliphatic carboxylic acids is 1. The molecule has 1 atom stereocenters. The molecule has 4 nitrogen and oxygen atoms in total. The summed E-state index contributed by atoms with van der Waals surface area (Å²) in [5.74, 6) is -0.682. The highest BCUT2D eigenvalue weighted by Crippen LogP contribution is 2.30. The van der Waals surface area contributed by atoms with Gasteiger partial charge in [0.2, 0.25) is 0 Å². The van der Waals surface area contributed by atoms with Gasteiger partial charge in [0.05, 0.1) is 6.42 Å². The Bertz CT molecular complexity index is 249. The molecule has 1 aliphatic carbocycles. The van der Waals surface area contributed by atoms with Crippen molar-refractivity contribution in [3.8, 4) is 0 Å². The highest BCUT2D eigenvalue weighted by molar-refractivity contribution is 5.68. The highest BCUT2D eigenvalue weighted by Gasteiger charge is 2.40. The second-order valence-corrected chi connectivity index (χ2v) is 5.11. The van der Waals surface area contributed by atoms with E-state index >= 15 is 0 Å². The standard InChI is InChI=1S/C11H20N2O2/c1-13-6-2-5-11(8-13,7-10(14)15)12-9-3-4-9/h9,12H,2-8H2,1H3,(H,14,15). The molecule has 1 heterocycles. The van der Waals surface area contributed by atoms with Crippen LogP contribution in [-0.4, -0.2) is 47.7 Å². The smallest absolute Gasteiger partial charge is 0.305 e. The quantitative estimate of drug-likeness (QED) is 0.719. The minimum atomic E-state index is -0.682. The van der Waals surface area contributed by atoms with E-state index in [1.807, 2.05) is 0 Å². The first-order chi connectivity index (χ1) is 7.10. The summed E-state index contributed by atoms with van der Waals surface area (Å²) in [6.07, 6.45) is 4.79. The third-order valence-corrected chi connectivity index (χ3v) is 3.35. The third-order valence-electron chi connectivity index (χ3n) is 3.35. The number of nitrogens with zero attached hydrogens (tertiary/aromatic N) is 1. The molecule has 1 saturated carbocycles. The minimum absolute atomic E-state index is 0.167. The molecule has 0 aromatic heterocycles. The average Bonchev–Trinajstić information content (AvgIpc) is 2.85. The van der Waals surface area contributed by atoms with E-state index in [1.54, 1.807) is 0 Å². The predicted molar refractivity (Wildman–Crippen MR) is 57.9 cm³/mol. The summed E-state index contributed by atoms with van der Waals surface area (Å²) in [6.45, 7) is 1.96. The maximum Gasteiger partial charge on any atom is 0.305 e. The van der Waals surface area contributed by atoms with Crippen molar-refractivity contribution in [2.45, 2.75) is 43.7 Å². The Hall–Kier alpha value is -0.610. The Balaban J connectivity index is 2.01. The van der Waals surface area contributed by atoms with Gasteiger partial charge in [0.15, 0.2) is 0 Å². The van der Waals surface area contributed by atoms with Crippen molar-refractivity contribution in [2.24, 2.45) is 0 Å². The lowest BCUT2D eigenvalue weighted by atomic mass is 9.86. The fourth-order valence-electron chi connectivity index (χ4n) is 2.63. The second-order valence-electron chi connectivity index (χ2n) is 5.11. The van der Waals surface area contributed by atoms with E-state index in [0.29, 0.717) is 6.04 Å². The fraction of sp³-hybridized carbons (Fsp3) is 0.909. The molecule has 0 bridgehead atoms. The maximum absolute atomic E-state index is 10.9. The summed E-state index contributed by atoms with van der Waals surface area (Å²) in [5.41, 5.74) is -0.167. The normalized spacial score (nSPS) is 32.9. The number of carboxylic acid groups (broad SMARTS) is 1. The van der Waals surface area contributed by atoms with Crippen molar-refractivity contribution in [1.82, 2.24) is 10.2 Å². The van der Waals surface area contributed by atoms with Gasteiger partial charge in [-0.2, -0.15) is 0 Å². The highest BCUT2D eigenvalue weighted by atomic mass is 16.4. The van der Waals surface area contributed by atoms with Gasteiger partial charge in [-0.15, -0.1) is 0 Å². The monoisotopic (exact) mass is 212 g/mol. The lowest BCUT2D eigenvalue weighted by Gasteiger charge is -2.41. The lowest BCUT2D eigenvalue weighted by Crippen LogP contribution is -2.57. The number of likely N-dealkylation sites (tertiary alicyclic amines) is 1. The maximum atomic E-state index is 10.9. The Morgan fingerprint density at radius 2 is 2.33 bits per heavy atom. The molecule has 0 aromatic rings. The van der Waals surface area contributed by atoms with Crippen LogP contribution in [0.4, 0.5) is 0 Å². The molecule has 0 amide bonds. The molecular formula is C11H20N2O2. The van der Waals surface area contributed by atoms with Gasteiger partial charge >= 0.3 is 5.97 Å². The molecule has 15 heavy (non-hydrogen) atoms. The Labute approximate surface area is 90.6 Å². The van der Waals surface area contributed by atoms with E-state index in [-0.39, 0.29) is 12.0 Å². The largest absolute Gasteiger partial charge is 0.481 e. The van der Waals surface area contributed by atoms with E-state index < -0.39 is 5.97 Å². The zero-order valence-corrected chi connectivity index (χ0v) is 9.33. The Morgan fingerprint density at radius 1 is 1.60 bits per heavy atom. The summed E-state index contributed by atoms with van der Waals surface area (Å²) in [4.78, 5) is 13.2. The van der Waals surface area contributed by atoms with Gasteiger partial charge in [-0.25, -0.2) is 0 Å². The van der Waals surface area contributed by atoms with Crippen molar-refractivity contribution in [2.75, 3.05) is 20.1 Å².